The molecule has 200 valence electrons. The van der Waals surface area contributed by atoms with Gasteiger partial charge in [-0.25, -0.2) is 9.97 Å². The van der Waals surface area contributed by atoms with Gasteiger partial charge in [-0.15, -0.1) is 11.3 Å². The summed E-state index contributed by atoms with van der Waals surface area (Å²) in [6.07, 6.45) is 0. The van der Waals surface area contributed by atoms with Crippen molar-refractivity contribution in [3.05, 3.63) is 145 Å². The Morgan fingerprint density at radius 2 is 1.02 bits per heavy atom. The predicted molar refractivity (Wildman–Crippen MR) is 179 cm³/mol. The SMILES string of the molecule is N#Cc1ccc(-c2cc(-c3ccc(-c4nc5ccccc5c5ccccc45)cc3)cc(-c3nc4ccccc4s3)c2)cc1. The molecule has 0 saturated carbocycles. The van der Waals surface area contributed by atoms with Crippen LogP contribution < -0.4 is 0 Å². The fourth-order valence-electron chi connectivity index (χ4n) is 5.76. The van der Waals surface area contributed by atoms with Gasteiger partial charge in [0.05, 0.1) is 33.1 Å². The van der Waals surface area contributed by atoms with E-state index in [0.717, 1.165) is 60.5 Å². The summed E-state index contributed by atoms with van der Waals surface area (Å²) in [5.41, 5.74) is 10.2. The molecule has 6 aromatic carbocycles. The Labute approximate surface area is 253 Å². The van der Waals surface area contributed by atoms with E-state index in [2.05, 4.69) is 109 Å². The number of fused-ring (bicyclic) bond motifs is 4. The molecule has 8 rings (SSSR count). The molecule has 4 heteroatoms. The third kappa shape index (κ3) is 4.53. The van der Waals surface area contributed by atoms with E-state index in [9.17, 15) is 5.26 Å². The van der Waals surface area contributed by atoms with E-state index in [0.29, 0.717) is 5.56 Å². The molecular formula is C39H23N3S. The standard InChI is InChI=1S/C39H23N3S/c40-24-25-13-15-26(16-14-25)29-21-30(23-31(22-29)39-42-36-11-5-6-12-37(36)43-39)27-17-19-28(20-18-27)38-34-9-2-1-7-32(34)33-8-3-4-10-35(33)41-38/h1-23H. The summed E-state index contributed by atoms with van der Waals surface area (Å²) >= 11 is 1.70. The number of rotatable bonds is 4. The van der Waals surface area contributed by atoms with Gasteiger partial charge in [-0.3, -0.25) is 0 Å². The molecule has 0 fully saturated rings. The highest BCUT2D eigenvalue weighted by molar-refractivity contribution is 7.21. The lowest BCUT2D eigenvalue weighted by Crippen LogP contribution is -1.90. The number of hydrogen-bond donors (Lipinski definition) is 0. The van der Waals surface area contributed by atoms with Gasteiger partial charge >= 0.3 is 0 Å². The van der Waals surface area contributed by atoms with Crippen molar-refractivity contribution in [2.45, 2.75) is 0 Å². The first-order chi connectivity index (χ1) is 21.2. The fourth-order valence-corrected chi connectivity index (χ4v) is 6.71. The number of para-hydroxylation sites is 2. The number of nitriles is 1. The Morgan fingerprint density at radius 3 is 1.72 bits per heavy atom. The van der Waals surface area contributed by atoms with Crippen LogP contribution in [-0.4, -0.2) is 9.97 Å². The van der Waals surface area contributed by atoms with Gasteiger partial charge in [0.1, 0.15) is 5.01 Å². The van der Waals surface area contributed by atoms with Crippen molar-refractivity contribution in [3.8, 4) is 50.2 Å². The first kappa shape index (κ1) is 25.1. The summed E-state index contributed by atoms with van der Waals surface area (Å²) in [4.78, 5) is 10.0. The predicted octanol–water partition coefficient (Wildman–Crippen LogP) is 10.5. The molecule has 0 radical (unpaired) electrons. The van der Waals surface area contributed by atoms with Gasteiger partial charge < -0.3 is 0 Å². The minimum atomic E-state index is 0.650. The summed E-state index contributed by atoms with van der Waals surface area (Å²) in [5.74, 6) is 0. The van der Waals surface area contributed by atoms with Crippen LogP contribution in [0.4, 0.5) is 0 Å². The highest BCUT2D eigenvalue weighted by Gasteiger charge is 2.13. The molecule has 0 bridgehead atoms. The van der Waals surface area contributed by atoms with Gasteiger partial charge in [-0.2, -0.15) is 5.26 Å². The first-order valence-electron chi connectivity index (χ1n) is 14.1. The highest BCUT2D eigenvalue weighted by Crippen LogP contribution is 2.38. The molecular weight excluding hydrogens is 543 g/mol. The maximum Gasteiger partial charge on any atom is 0.124 e. The summed E-state index contributed by atoms with van der Waals surface area (Å²) < 4.78 is 1.17. The number of benzene rings is 6. The van der Waals surface area contributed by atoms with E-state index in [1.165, 1.54) is 15.5 Å². The molecule has 0 aliphatic heterocycles. The Kier molecular flexibility index (Phi) is 6.03. The molecule has 43 heavy (non-hydrogen) atoms. The van der Waals surface area contributed by atoms with Crippen LogP contribution in [0.15, 0.2) is 140 Å². The fraction of sp³-hybridized carbons (Fsp3) is 0. The molecule has 0 aliphatic rings. The average molecular weight is 566 g/mol. The molecule has 0 spiro atoms. The Balaban J connectivity index is 1.26. The van der Waals surface area contributed by atoms with Crippen LogP contribution in [0.25, 0.3) is 76.0 Å². The first-order valence-corrected chi connectivity index (χ1v) is 14.9. The topological polar surface area (TPSA) is 49.6 Å². The Bertz CT molecular complexity index is 2310. The highest BCUT2D eigenvalue weighted by atomic mass is 32.1. The van der Waals surface area contributed by atoms with Crippen LogP contribution in [0.2, 0.25) is 0 Å². The van der Waals surface area contributed by atoms with Gasteiger partial charge in [0.25, 0.3) is 0 Å². The van der Waals surface area contributed by atoms with Gasteiger partial charge in [0, 0.05) is 21.9 Å². The number of pyridine rings is 1. The molecule has 2 heterocycles. The second-order valence-electron chi connectivity index (χ2n) is 10.6. The smallest absolute Gasteiger partial charge is 0.124 e. The van der Waals surface area contributed by atoms with Crippen molar-refractivity contribution in [2.24, 2.45) is 0 Å². The van der Waals surface area contributed by atoms with Crippen molar-refractivity contribution in [3.63, 3.8) is 0 Å². The molecule has 0 atom stereocenters. The zero-order valence-electron chi connectivity index (χ0n) is 23.0. The van der Waals surface area contributed by atoms with Crippen molar-refractivity contribution in [2.75, 3.05) is 0 Å². The van der Waals surface area contributed by atoms with E-state index in [1.54, 1.807) is 11.3 Å². The molecule has 0 saturated heterocycles. The molecule has 0 amide bonds. The quantitative estimate of drug-likeness (QED) is 0.199. The minimum Gasteiger partial charge on any atom is -0.247 e. The van der Waals surface area contributed by atoms with E-state index < -0.39 is 0 Å². The molecule has 8 aromatic rings. The summed E-state index contributed by atoms with van der Waals surface area (Å²) in [7, 11) is 0. The molecule has 2 aromatic heterocycles. The summed E-state index contributed by atoms with van der Waals surface area (Å²) in [5, 5.41) is 13.8. The van der Waals surface area contributed by atoms with Crippen molar-refractivity contribution >= 4 is 43.2 Å². The van der Waals surface area contributed by atoms with Crippen LogP contribution in [0.1, 0.15) is 5.56 Å². The number of hydrogen-bond acceptors (Lipinski definition) is 4. The van der Waals surface area contributed by atoms with Crippen LogP contribution in [0.3, 0.4) is 0 Å². The average Bonchev–Trinajstić information content (AvgIpc) is 3.53. The lowest BCUT2D eigenvalue weighted by molar-refractivity contribution is 1.43. The van der Waals surface area contributed by atoms with Crippen LogP contribution in [-0.2, 0) is 0 Å². The molecule has 0 aliphatic carbocycles. The van der Waals surface area contributed by atoms with Crippen LogP contribution >= 0.6 is 11.3 Å². The maximum absolute atomic E-state index is 9.31. The van der Waals surface area contributed by atoms with E-state index in [-0.39, 0.29) is 0 Å². The molecule has 0 unspecified atom stereocenters. The summed E-state index contributed by atoms with van der Waals surface area (Å²) in [6, 6.07) is 50.4. The number of nitrogens with zero attached hydrogens (tertiary/aromatic N) is 3. The van der Waals surface area contributed by atoms with E-state index >= 15 is 0 Å². The van der Waals surface area contributed by atoms with Gasteiger partial charge in [-0.05, 0) is 76.2 Å². The van der Waals surface area contributed by atoms with Crippen LogP contribution in [0, 0.1) is 11.3 Å². The minimum absolute atomic E-state index is 0.650. The van der Waals surface area contributed by atoms with Gasteiger partial charge in [0.2, 0.25) is 0 Å². The summed E-state index contributed by atoms with van der Waals surface area (Å²) in [6.45, 7) is 0. The third-order valence-corrected chi connectivity index (χ3v) is 9.01. The van der Waals surface area contributed by atoms with Crippen LogP contribution in [0.5, 0.6) is 0 Å². The maximum atomic E-state index is 9.31. The Morgan fingerprint density at radius 1 is 0.465 bits per heavy atom. The third-order valence-electron chi connectivity index (χ3n) is 7.92. The molecule has 0 N–H and O–H groups in total. The van der Waals surface area contributed by atoms with E-state index in [4.69, 9.17) is 9.97 Å². The van der Waals surface area contributed by atoms with Gasteiger partial charge in [0.15, 0.2) is 0 Å². The second kappa shape index (κ2) is 10.3. The molecule has 3 nitrogen and oxygen atoms in total. The number of aromatic nitrogens is 2. The van der Waals surface area contributed by atoms with E-state index in [1.807, 2.05) is 36.4 Å². The largest absolute Gasteiger partial charge is 0.247 e. The van der Waals surface area contributed by atoms with Crippen molar-refractivity contribution < 1.29 is 0 Å². The normalized spacial score (nSPS) is 11.2. The Hall–Kier alpha value is -5.63. The van der Waals surface area contributed by atoms with Crippen molar-refractivity contribution in [1.82, 2.24) is 9.97 Å². The van der Waals surface area contributed by atoms with Crippen molar-refractivity contribution in [1.29, 1.82) is 5.26 Å². The zero-order valence-corrected chi connectivity index (χ0v) is 23.8. The lowest BCUT2D eigenvalue weighted by Gasteiger charge is -2.12. The zero-order chi connectivity index (χ0) is 28.8. The van der Waals surface area contributed by atoms with Gasteiger partial charge in [-0.1, -0.05) is 91.0 Å². The monoisotopic (exact) mass is 565 g/mol. The second-order valence-corrected chi connectivity index (χ2v) is 11.6. The lowest BCUT2D eigenvalue weighted by atomic mass is 9.94. The number of thiazole rings is 1.